The second-order valence-electron chi connectivity index (χ2n) is 7.02. The highest BCUT2D eigenvalue weighted by atomic mass is 28.3. The summed E-state index contributed by atoms with van der Waals surface area (Å²) in [6.45, 7) is 14.9. The van der Waals surface area contributed by atoms with Crippen molar-refractivity contribution in [1.82, 2.24) is 0 Å². The Labute approximate surface area is 118 Å². The third-order valence-corrected chi connectivity index (χ3v) is 5.59. The Morgan fingerprint density at radius 1 is 1.32 bits per heavy atom. The molecule has 1 aliphatic carbocycles. The van der Waals surface area contributed by atoms with Crippen molar-refractivity contribution in [3.05, 3.63) is 23.9 Å². The van der Waals surface area contributed by atoms with Gasteiger partial charge in [0.05, 0.1) is 21.3 Å². The predicted molar refractivity (Wildman–Crippen MR) is 82.8 cm³/mol. The molecule has 3 heteroatoms. The summed E-state index contributed by atoms with van der Waals surface area (Å²) in [5, 5.41) is 0. The van der Waals surface area contributed by atoms with Gasteiger partial charge in [-0.1, -0.05) is 43.9 Å². The fourth-order valence-electron chi connectivity index (χ4n) is 3.57. The molecule has 1 heterocycles. The van der Waals surface area contributed by atoms with Crippen LogP contribution in [0.3, 0.4) is 0 Å². The topological polar surface area (TPSA) is 18.5 Å². The minimum atomic E-state index is -1.20. The van der Waals surface area contributed by atoms with Crippen LogP contribution in [0.15, 0.2) is 23.9 Å². The van der Waals surface area contributed by atoms with Gasteiger partial charge in [-0.2, -0.15) is 0 Å². The molecule has 2 fully saturated rings. The van der Waals surface area contributed by atoms with Crippen LogP contribution in [-0.4, -0.2) is 27.1 Å². The first-order valence-electron chi connectivity index (χ1n) is 7.48. The highest BCUT2D eigenvalue weighted by Gasteiger charge is 2.51. The van der Waals surface area contributed by atoms with E-state index in [0.29, 0.717) is 11.8 Å². The molecule has 2 aliphatic rings. The summed E-state index contributed by atoms with van der Waals surface area (Å²) in [6, 6.07) is 0. The van der Waals surface area contributed by atoms with Crippen molar-refractivity contribution in [3.63, 3.8) is 0 Å². The molecule has 0 aromatic heterocycles. The summed E-state index contributed by atoms with van der Waals surface area (Å²) in [6.07, 6.45) is 5.28. The van der Waals surface area contributed by atoms with Crippen LogP contribution in [0.1, 0.15) is 26.2 Å². The van der Waals surface area contributed by atoms with Gasteiger partial charge in [0.1, 0.15) is 0 Å². The van der Waals surface area contributed by atoms with Crippen LogP contribution in [0.25, 0.3) is 0 Å². The van der Waals surface area contributed by atoms with E-state index in [0.717, 1.165) is 26.1 Å². The lowest BCUT2D eigenvalue weighted by Crippen LogP contribution is -2.35. The fraction of sp³-hybridized carbons (Fsp3) is 0.750. The first-order valence-corrected chi connectivity index (χ1v) is 11.1. The number of allylic oxidation sites excluding steroid dienone is 2. The van der Waals surface area contributed by atoms with Crippen LogP contribution < -0.4 is 0 Å². The molecule has 0 amide bonds. The van der Waals surface area contributed by atoms with Crippen molar-refractivity contribution in [3.8, 4) is 0 Å². The Morgan fingerprint density at radius 3 is 2.47 bits per heavy atom. The highest BCUT2D eigenvalue weighted by Crippen LogP contribution is 2.49. The second-order valence-corrected chi connectivity index (χ2v) is 12.0. The predicted octanol–water partition coefficient (Wildman–Crippen LogP) is 4.16. The van der Waals surface area contributed by atoms with Gasteiger partial charge in [-0.05, 0) is 18.8 Å². The third kappa shape index (κ3) is 3.20. The summed E-state index contributed by atoms with van der Waals surface area (Å²) in [5.74, 6) is 0.769. The Kier molecular flexibility index (Phi) is 4.38. The van der Waals surface area contributed by atoms with E-state index in [1.54, 1.807) is 5.57 Å². The maximum atomic E-state index is 5.94. The maximum absolute atomic E-state index is 5.94. The van der Waals surface area contributed by atoms with Crippen LogP contribution in [-0.2, 0) is 9.47 Å². The van der Waals surface area contributed by atoms with Crippen molar-refractivity contribution in [2.75, 3.05) is 13.2 Å². The smallest absolute Gasteiger partial charge is 0.171 e. The zero-order chi connectivity index (χ0) is 14.1. The number of ether oxygens (including phenoxy) is 2. The van der Waals surface area contributed by atoms with E-state index >= 15 is 0 Å². The number of rotatable bonds is 4. The van der Waals surface area contributed by atoms with Gasteiger partial charge in [0.15, 0.2) is 5.79 Å². The molecule has 1 spiro atoms. The number of hydrogen-bond donors (Lipinski definition) is 0. The molecule has 0 aromatic carbocycles. The average molecular weight is 280 g/mol. The molecular weight excluding hydrogens is 252 g/mol. The summed E-state index contributed by atoms with van der Waals surface area (Å²) in [4.78, 5) is 0. The molecule has 19 heavy (non-hydrogen) atoms. The van der Waals surface area contributed by atoms with Gasteiger partial charge in [-0.3, -0.25) is 0 Å². The van der Waals surface area contributed by atoms with Gasteiger partial charge in [0.2, 0.25) is 0 Å². The molecule has 0 N–H and O–H groups in total. The lowest BCUT2D eigenvalue weighted by Gasteiger charge is -2.30. The van der Waals surface area contributed by atoms with E-state index in [2.05, 4.69) is 38.8 Å². The van der Waals surface area contributed by atoms with Gasteiger partial charge in [0, 0.05) is 12.3 Å². The summed E-state index contributed by atoms with van der Waals surface area (Å²) < 4.78 is 11.9. The molecule has 2 rings (SSSR count). The van der Waals surface area contributed by atoms with Crippen LogP contribution in [0.5, 0.6) is 0 Å². The Hall–Kier alpha value is -0.383. The Morgan fingerprint density at radius 2 is 1.95 bits per heavy atom. The van der Waals surface area contributed by atoms with Crippen molar-refractivity contribution >= 4 is 8.07 Å². The average Bonchev–Trinajstić information content (AvgIpc) is 2.88. The van der Waals surface area contributed by atoms with E-state index < -0.39 is 8.07 Å². The van der Waals surface area contributed by atoms with Crippen LogP contribution in [0.2, 0.25) is 19.6 Å². The van der Waals surface area contributed by atoms with Gasteiger partial charge in [-0.25, -0.2) is 0 Å². The van der Waals surface area contributed by atoms with Gasteiger partial charge >= 0.3 is 0 Å². The maximum Gasteiger partial charge on any atom is 0.171 e. The second kappa shape index (κ2) is 5.55. The Bertz CT molecular complexity index is 361. The monoisotopic (exact) mass is 280 g/mol. The molecule has 108 valence electrons. The van der Waals surface area contributed by atoms with Crippen LogP contribution >= 0.6 is 0 Å². The standard InChI is InChI=1S/C16H28O2Si/c1-6-7-14(12-19(3,4)5)15-8-9-16(13(15)2)17-10-11-18-16/h6,12-13,15H,1,7-11H2,2-5H3/b14-12+/t13-,15+/m0/s1. The quantitative estimate of drug-likeness (QED) is 0.569. The molecule has 0 bridgehead atoms. The zero-order valence-corrected chi connectivity index (χ0v) is 13.9. The first-order chi connectivity index (χ1) is 8.88. The van der Waals surface area contributed by atoms with Gasteiger partial charge < -0.3 is 9.47 Å². The molecule has 1 saturated heterocycles. The van der Waals surface area contributed by atoms with Crippen LogP contribution in [0.4, 0.5) is 0 Å². The van der Waals surface area contributed by atoms with Gasteiger partial charge in [0.25, 0.3) is 0 Å². The summed E-state index contributed by atoms with van der Waals surface area (Å²) in [5.41, 5.74) is 4.13. The minimum Gasteiger partial charge on any atom is -0.347 e. The summed E-state index contributed by atoms with van der Waals surface area (Å²) >= 11 is 0. The van der Waals surface area contributed by atoms with Crippen molar-refractivity contribution in [2.24, 2.45) is 11.8 Å². The van der Waals surface area contributed by atoms with Crippen molar-refractivity contribution < 1.29 is 9.47 Å². The molecule has 0 aromatic rings. The van der Waals surface area contributed by atoms with E-state index in [1.165, 1.54) is 6.42 Å². The molecule has 1 saturated carbocycles. The van der Waals surface area contributed by atoms with Crippen molar-refractivity contribution in [2.45, 2.75) is 51.6 Å². The molecular formula is C16H28O2Si. The lowest BCUT2D eigenvalue weighted by atomic mass is 9.87. The van der Waals surface area contributed by atoms with Crippen molar-refractivity contribution in [1.29, 1.82) is 0 Å². The van der Waals surface area contributed by atoms with Gasteiger partial charge in [-0.15, -0.1) is 6.58 Å². The van der Waals surface area contributed by atoms with E-state index in [-0.39, 0.29) is 5.79 Å². The Balaban J connectivity index is 2.20. The first kappa shape index (κ1) is 15.0. The van der Waals surface area contributed by atoms with E-state index in [1.807, 2.05) is 6.08 Å². The molecule has 0 unspecified atom stereocenters. The molecule has 2 atom stereocenters. The third-order valence-electron chi connectivity index (χ3n) is 4.35. The minimum absolute atomic E-state index is 0.287. The van der Waals surface area contributed by atoms with Crippen LogP contribution in [0, 0.1) is 11.8 Å². The highest BCUT2D eigenvalue weighted by molar-refractivity contribution is 6.81. The SMILES string of the molecule is C=CC/C(=C\[Si](C)(C)C)[C@@H]1CCC2(OCCO2)[C@H]1C. The number of hydrogen-bond acceptors (Lipinski definition) is 2. The van der Waals surface area contributed by atoms with E-state index in [4.69, 9.17) is 9.47 Å². The normalized spacial score (nSPS) is 31.1. The molecule has 1 aliphatic heterocycles. The largest absolute Gasteiger partial charge is 0.347 e. The molecule has 0 radical (unpaired) electrons. The molecule has 2 nitrogen and oxygen atoms in total. The fourth-order valence-corrected chi connectivity index (χ4v) is 5.01. The lowest BCUT2D eigenvalue weighted by molar-refractivity contribution is -0.180. The summed E-state index contributed by atoms with van der Waals surface area (Å²) in [7, 11) is -1.20. The zero-order valence-electron chi connectivity index (χ0n) is 12.9. The van der Waals surface area contributed by atoms with E-state index in [9.17, 15) is 0 Å².